The van der Waals surface area contributed by atoms with Crippen molar-refractivity contribution in [3.05, 3.63) is 0 Å². The molecule has 2 aliphatic rings. The molecule has 0 bridgehead atoms. The lowest BCUT2D eigenvalue weighted by molar-refractivity contribution is -0.0116. The van der Waals surface area contributed by atoms with Crippen LogP contribution in [0.25, 0.3) is 0 Å². The van der Waals surface area contributed by atoms with Crippen LogP contribution in [-0.2, 0) is 4.74 Å². The molecule has 0 aromatic rings. The first-order chi connectivity index (χ1) is 8.22. The molecule has 1 aliphatic carbocycles. The molecule has 0 aromatic carbocycles. The maximum absolute atomic E-state index is 10.3. The Bertz CT molecular complexity index is 224. The maximum atomic E-state index is 10.3. The molecule has 0 spiro atoms. The van der Waals surface area contributed by atoms with E-state index in [-0.39, 0.29) is 0 Å². The van der Waals surface area contributed by atoms with Gasteiger partial charge in [-0.2, -0.15) is 0 Å². The highest BCUT2D eigenvalue weighted by Gasteiger charge is 2.32. The number of hydrogen-bond donors (Lipinski definition) is 2. The van der Waals surface area contributed by atoms with Gasteiger partial charge in [0.1, 0.15) is 0 Å². The van der Waals surface area contributed by atoms with E-state index in [1.54, 1.807) is 0 Å². The van der Waals surface area contributed by atoms with Crippen LogP contribution in [0.3, 0.4) is 0 Å². The van der Waals surface area contributed by atoms with Gasteiger partial charge in [-0.25, -0.2) is 0 Å². The summed E-state index contributed by atoms with van der Waals surface area (Å²) in [6, 6.07) is 0.546. The molecule has 17 heavy (non-hydrogen) atoms. The lowest BCUT2D eigenvalue weighted by atomic mass is 9.97. The van der Waals surface area contributed by atoms with Crippen LogP contribution in [0.15, 0.2) is 0 Å². The van der Waals surface area contributed by atoms with Gasteiger partial charge >= 0.3 is 0 Å². The minimum absolute atomic E-state index is 0.418. The molecule has 100 valence electrons. The Balaban J connectivity index is 1.71. The van der Waals surface area contributed by atoms with E-state index in [0.29, 0.717) is 12.1 Å². The van der Waals surface area contributed by atoms with Crippen LogP contribution >= 0.6 is 0 Å². The Morgan fingerprint density at radius 1 is 1.35 bits per heavy atom. The van der Waals surface area contributed by atoms with Gasteiger partial charge in [0.05, 0.1) is 11.7 Å². The summed E-state index contributed by atoms with van der Waals surface area (Å²) < 4.78 is 5.74. The molecular weight excluding hydrogens is 214 g/mol. The second-order valence-electron chi connectivity index (χ2n) is 5.82. The standard InChI is InChI=1S/C14H27NO2/c1-2-5-13-10-12(6-9-17-13)15-11-14(16)7-3-4-8-14/h12-13,15-16H,2-11H2,1H3. The molecule has 0 amide bonds. The largest absolute Gasteiger partial charge is 0.389 e. The number of hydrogen-bond acceptors (Lipinski definition) is 3. The van der Waals surface area contributed by atoms with E-state index in [1.165, 1.54) is 25.7 Å². The van der Waals surface area contributed by atoms with Crippen LogP contribution in [-0.4, -0.2) is 36.0 Å². The van der Waals surface area contributed by atoms with E-state index in [0.717, 1.165) is 38.8 Å². The molecule has 0 aromatic heterocycles. The summed E-state index contributed by atoms with van der Waals surface area (Å²) in [6.45, 7) is 3.86. The van der Waals surface area contributed by atoms with E-state index in [4.69, 9.17) is 4.74 Å². The highest BCUT2D eigenvalue weighted by molar-refractivity contribution is 4.88. The third-order valence-corrected chi connectivity index (χ3v) is 4.23. The van der Waals surface area contributed by atoms with Gasteiger partial charge in [0.15, 0.2) is 0 Å². The fourth-order valence-corrected chi connectivity index (χ4v) is 3.13. The SMILES string of the molecule is CCCC1CC(NCC2(O)CCCC2)CCO1. The highest BCUT2D eigenvalue weighted by Crippen LogP contribution is 2.29. The summed E-state index contributed by atoms with van der Waals surface area (Å²) >= 11 is 0. The smallest absolute Gasteiger partial charge is 0.0771 e. The molecule has 2 atom stereocenters. The molecule has 2 N–H and O–H groups in total. The Kier molecular flexibility index (Phi) is 4.83. The van der Waals surface area contributed by atoms with Crippen molar-refractivity contribution in [2.75, 3.05) is 13.2 Å². The maximum Gasteiger partial charge on any atom is 0.0771 e. The molecule has 2 rings (SSSR count). The summed E-state index contributed by atoms with van der Waals surface area (Å²) in [6.07, 6.45) is 9.33. The number of ether oxygens (including phenoxy) is 1. The zero-order valence-corrected chi connectivity index (χ0v) is 11.1. The zero-order valence-electron chi connectivity index (χ0n) is 11.1. The molecule has 1 aliphatic heterocycles. The van der Waals surface area contributed by atoms with Gasteiger partial charge in [0, 0.05) is 19.2 Å². The van der Waals surface area contributed by atoms with Crippen molar-refractivity contribution < 1.29 is 9.84 Å². The normalized spacial score (nSPS) is 32.8. The fraction of sp³-hybridized carbons (Fsp3) is 1.00. The monoisotopic (exact) mass is 241 g/mol. The average Bonchev–Trinajstić information content (AvgIpc) is 2.76. The molecule has 3 nitrogen and oxygen atoms in total. The van der Waals surface area contributed by atoms with Gasteiger partial charge < -0.3 is 15.2 Å². The first kappa shape index (κ1) is 13.3. The highest BCUT2D eigenvalue weighted by atomic mass is 16.5. The first-order valence-electron chi connectivity index (χ1n) is 7.29. The zero-order chi connectivity index (χ0) is 12.1. The van der Waals surface area contributed by atoms with Crippen molar-refractivity contribution in [3.8, 4) is 0 Å². The topological polar surface area (TPSA) is 41.5 Å². The van der Waals surface area contributed by atoms with Crippen LogP contribution in [0.1, 0.15) is 58.3 Å². The lowest BCUT2D eigenvalue weighted by Gasteiger charge is -2.32. The fourth-order valence-electron chi connectivity index (χ4n) is 3.13. The summed E-state index contributed by atoms with van der Waals surface area (Å²) in [5.74, 6) is 0. The van der Waals surface area contributed by atoms with E-state index in [1.807, 2.05) is 0 Å². The van der Waals surface area contributed by atoms with Gasteiger partial charge in [-0.3, -0.25) is 0 Å². The Morgan fingerprint density at radius 2 is 2.12 bits per heavy atom. The number of nitrogens with one attached hydrogen (secondary N) is 1. The predicted molar refractivity (Wildman–Crippen MR) is 69.1 cm³/mol. The summed E-state index contributed by atoms with van der Waals surface area (Å²) in [4.78, 5) is 0. The van der Waals surface area contributed by atoms with Crippen LogP contribution in [0, 0.1) is 0 Å². The summed E-state index contributed by atoms with van der Waals surface area (Å²) in [5, 5.41) is 13.9. The molecule has 3 heteroatoms. The average molecular weight is 241 g/mol. The molecular formula is C14H27NO2. The Morgan fingerprint density at radius 3 is 2.82 bits per heavy atom. The van der Waals surface area contributed by atoms with E-state index >= 15 is 0 Å². The Labute approximate surface area is 105 Å². The first-order valence-corrected chi connectivity index (χ1v) is 7.29. The number of aliphatic hydroxyl groups is 1. The quantitative estimate of drug-likeness (QED) is 0.775. The van der Waals surface area contributed by atoms with Crippen LogP contribution < -0.4 is 5.32 Å². The third-order valence-electron chi connectivity index (χ3n) is 4.23. The molecule has 1 saturated carbocycles. The summed E-state index contributed by atoms with van der Waals surface area (Å²) in [5.41, 5.74) is -0.418. The molecule has 0 radical (unpaired) electrons. The van der Waals surface area contributed by atoms with Gasteiger partial charge in [-0.05, 0) is 32.1 Å². The van der Waals surface area contributed by atoms with Crippen molar-refractivity contribution in [3.63, 3.8) is 0 Å². The second kappa shape index (κ2) is 6.17. The van der Waals surface area contributed by atoms with Crippen molar-refractivity contribution in [1.29, 1.82) is 0 Å². The second-order valence-corrected chi connectivity index (χ2v) is 5.82. The number of rotatable bonds is 5. The van der Waals surface area contributed by atoms with Crippen molar-refractivity contribution in [1.82, 2.24) is 5.32 Å². The van der Waals surface area contributed by atoms with Gasteiger partial charge in [0.25, 0.3) is 0 Å². The van der Waals surface area contributed by atoms with Crippen molar-refractivity contribution in [2.24, 2.45) is 0 Å². The summed E-state index contributed by atoms with van der Waals surface area (Å²) in [7, 11) is 0. The van der Waals surface area contributed by atoms with Crippen LogP contribution in [0.2, 0.25) is 0 Å². The van der Waals surface area contributed by atoms with Crippen molar-refractivity contribution >= 4 is 0 Å². The van der Waals surface area contributed by atoms with Gasteiger partial charge in [-0.1, -0.05) is 26.2 Å². The minimum Gasteiger partial charge on any atom is -0.389 e. The Hall–Kier alpha value is -0.120. The minimum atomic E-state index is -0.418. The lowest BCUT2D eigenvalue weighted by Crippen LogP contribution is -2.46. The molecule has 1 saturated heterocycles. The van der Waals surface area contributed by atoms with Crippen molar-refractivity contribution in [2.45, 2.75) is 76.0 Å². The van der Waals surface area contributed by atoms with Gasteiger partial charge in [-0.15, -0.1) is 0 Å². The van der Waals surface area contributed by atoms with Gasteiger partial charge in [0.2, 0.25) is 0 Å². The van der Waals surface area contributed by atoms with E-state index in [9.17, 15) is 5.11 Å². The predicted octanol–water partition coefficient (Wildman–Crippen LogP) is 2.23. The van der Waals surface area contributed by atoms with E-state index < -0.39 is 5.60 Å². The van der Waals surface area contributed by atoms with Crippen LogP contribution in [0.4, 0.5) is 0 Å². The molecule has 2 fully saturated rings. The third kappa shape index (κ3) is 3.94. The van der Waals surface area contributed by atoms with Crippen LogP contribution in [0.5, 0.6) is 0 Å². The molecule has 2 unspecified atom stereocenters. The van der Waals surface area contributed by atoms with E-state index in [2.05, 4.69) is 12.2 Å². The molecule has 1 heterocycles.